The van der Waals surface area contributed by atoms with E-state index < -0.39 is 0 Å². The Morgan fingerprint density at radius 3 is 2.68 bits per heavy atom. The fraction of sp³-hybridized carbons (Fsp3) is 0.435. The van der Waals surface area contributed by atoms with E-state index in [9.17, 15) is 4.79 Å². The molecule has 0 spiro atoms. The molecule has 1 unspecified atom stereocenters. The Morgan fingerprint density at radius 2 is 1.96 bits per heavy atom. The van der Waals surface area contributed by atoms with E-state index in [0.29, 0.717) is 5.92 Å². The molecule has 1 heterocycles. The van der Waals surface area contributed by atoms with Gasteiger partial charge in [-0.1, -0.05) is 48.9 Å². The number of nitrogens with one attached hydrogen (secondary N) is 1. The number of halogens is 1. The topological polar surface area (TPSA) is 32.3 Å². The molecule has 1 atom stereocenters. The second kappa shape index (κ2) is 10.3. The third-order valence-electron chi connectivity index (χ3n) is 5.36. The zero-order valence-electron chi connectivity index (χ0n) is 16.7. The number of amides is 1. The van der Waals surface area contributed by atoms with Crippen LogP contribution in [0.15, 0.2) is 53.4 Å². The molecule has 0 aliphatic carbocycles. The van der Waals surface area contributed by atoms with Crippen molar-refractivity contribution in [1.82, 2.24) is 9.62 Å². The number of hydrogen-bond donors (Lipinski definition) is 1. The van der Waals surface area contributed by atoms with Crippen LogP contribution in [0.5, 0.6) is 0 Å². The predicted octanol–water partition coefficient (Wildman–Crippen LogP) is 5.51. The molecule has 1 N–H and O–H groups in total. The molecule has 2 aromatic rings. The maximum absolute atomic E-state index is 13.2. The van der Waals surface area contributed by atoms with E-state index in [1.54, 1.807) is 11.9 Å². The van der Waals surface area contributed by atoms with E-state index in [2.05, 4.69) is 36.8 Å². The fourth-order valence-electron chi connectivity index (χ4n) is 3.50. The van der Waals surface area contributed by atoms with Crippen molar-refractivity contribution in [2.75, 3.05) is 13.1 Å². The maximum atomic E-state index is 13.2. The van der Waals surface area contributed by atoms with Gasteiger partial charge in [-0.15, -0.1) is 0 Å². The minimum absolute atomic E-state index is 0.208. The first-order chi connectivity index (χ1) is 13.5. The molecular formula is C23H29ClN2OS. The van der Waals surface area contributed by atoms with E-state index in [0.717, 1.165) is 54.3 Å². The molecule has 1 amide bonds. The van der Waals surface area contributed by atoms with E-state index in [1.807, 2.05) is 35.2 Å². The summed E-state index contributed by atoms with van der Waals surface area (Å²) in [6.07, 6.45) is 3.69. The largest absolute Gasteiger partial charge is 0.341 e. The lowest BCUT2D eigenvalue weighted by atomic mass is 9.98. The average Bonchev–Trinajstić information content (AvgIpc) is 2.69. The zero-order chi connectivity index (χ0) is 19.9. The van der Waals surface area contributed by atoms with Crippen molar-refractivity contribution < 1.29 is 4.79 Å². The summed E-state index contributed by atoms with van der Waals surface area (Å²) in [6.45, 7) is 6.07. The first-order valence-corrected chi connectivity index (χ1v) is 11.2. The number of carbonyl (C=O) groups is 1. The summed E-state index contributed by atoms with van der Waals surface area (Å²) in [5, 5.41) is 0.770. The van der Waals surface area contributed by atoms with E-state index in [4.69, 9.17) is 11.6 Å². The van der Waals surface area contributed by atoms with Crippen LogP contribution in [-0.4, -0.2) is 29.9 Å². The van der Waals surface area contributed by atoms with Crippen LogP contribution in [0.1, 0.15) is 37.3 Å². The van der Waals surface area contributed by atoms with Gasteiger partial charge in [0.1, 0.15) is 0 Å². The summed E-state index contributed by atoms with van der Waals surface area (Å²) >= 11 is 7.87. The lowest BCUT2D eigenvalue weighted by Crippen LogP contribution is -2.47. The van der Waals surface area contributed by atoms with E-state index in [-0.39, 0.29) is 11.9 Å². The van der Waals surface area contributed by atoms with Gasteiger partial charge in [0.2, 0.25) is 5.91 Å². The summed E-state index contributed by atoms with van der Waals surface area (Å²) in [5.74, 6) is 0.916. The van der Waals surface area contributed by atoms with Gasteiger partial charge >= 0.3 is 0 Å². The van der Waals surface area contributed by atoms with Gasteiger partial charge in [-0.25, -0.2) is 4.72 Å². The highest BCUT2D eigenvalue weighted by atomic mass is 35.5. The molecule has 1 aliphatic rings. The maximum Gasteiger partial charge on any atom is 0.240 e. The Hall–Kier alpha value is -1.49. The third kappa shape index (κ3) is 6.00. The van der Waals surface area contributed by atoms with Crippen molar-refractivity contribution in [1.29, 1.82) is 0 Å². The number of nitrogens with zero attached hydrogens (tertiary/aromatic N) is 1. The predicted molar refractivity (Wildman–Crippen MR) is 119 cm³/mol. The summed E-state index contributed by atoms with van der Waals surface area (Å²) in [4.78, 5) is 16.4. The molecule has 3 nitrogen and oxygen atoms in total. The lowest BCUT2D eigenvalue weighted by Gasteiger charge is -2.33. The van der Waals surface area contributed by atoms with Crippen molar-refractivity contribution >= 4 is 29.5 Å². The Balaban J connectivity index is 1.67. The van der Waals surface area contributed by atoms with Crippen LogP contribution < -0.4 is 4.72 Å². The second-order valence-corrected chi connectivity index (χ2v) is 9.05. The monoisotopic (exact) mass is 416 g/mol. The highest BCUT2D eigenvalue weighted by molar-refractivity contribution is 7.97. The molecule has 1 fully saturated rings. The van der Waals surface area contributed by atoms with Crippen molar-refractivity contribution in [3.05, 3.63) is 64.7 Å². The normalized spacial score (nSPS) is 16.2. The van der Waals surface area contributed by atoms with Crippen LogP contribution in [0.25, 0.3) is 0 Å². The Labute approximate surface area is 178 Å². The van der Waals surface area contributed by atoms with Crippen LogP contribution in [0, 0.1) is 12.8 Å². The highest BCUT2D eigenvalue weighted by Crippen LogP contribution is 2.23. The highest BCUT2D eigenvalue weighted by Gasteiger charge is 2.27. The Morgan fingerprint density at radius 1 is 1.21 bits per heavy atom. The molecule has 1 aliphatic heterocycles. The van der Waals surface area contributed by atoms with Gasteiger partial charge in [-0.3, -0.25) is 4.79 Å². The SMILES string of the molecule is Cc1cccc(SNC(CCc2ccccc2Cl)C(=O)N2CCC(C)CC2)c1. The summed E-state index contributed by atoms with van der Waals surface area (Å²) < 4.78 is 3.44. The molecular weight excluding hydrogens is 388 g/mol. The minimum atomic E-state index is -0.227. The molecule has 3 rings (SSSR count). The van der Waals surface area contributed by atoms with Gasteiger partial charge < -0.3 is 4.90 Å². The molecule has 5 heteroatoms. The van der Waals surface area contributed by atoms with Crippen molar-refractivity contribution in [3.8, 4) is 0 Å². The molecule has 0 radical (unpaired) electrons. The molecule has 0 aromatic heterocycles. The number of hydrogen-bond acceptors (Lipinski definition) is 3. The second-order valence-electron chi connectivity index (χ2n) is 7.73. The molecule has 0 saturated carbocycles. The number of aryl methyl sites for hydroxylation is 2. The van der Waals surface area contributed by atoms with Crippen LogP contribution in [0.2, 0.25) is 5.02 Å². The van der Waals surface area contributed by atoms with Crippen molar-refractivity contribution in [2.24, 2.45) is 5.92 Å². The van der Waals surface area contributed by atoms with E-state index >= 15 is 0 Å². The van der Waals surface area contributed by atoms with Gasteiger partial charge in [-0.05, 0) is 79.8 Å². The van der Waals surface area contributed by atoms with Crippen LogP contribution in [-0.2, 0) is 11.2 Å². The average molecular weight is 417 g/mol. The van der Waals surface area contributed by atoms with Gasteiger partial charge in [0.15, 0.2) is 0 Å². The first-order valence-electron chi connectivity index (χ1n) is 10.0. The summed E-state index contributed by atoms with van der Waals surface area (Å²) in [5.41, 5.74) is 2.31. The van der Waals surface area contributed by atoms with Gasteiger partial charge in [0, 0.05) is 23.0 Å². The molecule has 1 saturated heterocycles. The van der Waals surface area contributed by atoms with Gasteiger partial charge in [0.25, 0.3) is 0 Å². The third-order valence-corrected chi connectivity index (χ3v) is 6.62. The van der Waals surface area contributed by atoms with Crippen molar-refractivity contribution in [3.63, 3.8) is 0 Å². The standard InChI is InChI=1S/C23H29ClN2OS/c1-17-12-14-26(15-13-17)23(27)22(11-10-19-7-3-4-9-21(19)24)25-28-20-8-5-6-18(2)16-20/h3-9,16-17,22,25H,10-15H2,1-2H3. The smallest absolute Gasteiger partial charge is 0.240 e. The van der Waals surface area contributed by atoms with Crippen LogP contribution >= 0.6 is 23.5 Å². The van der Waals surface area contributed by atoms with E-state index in [1.165, 1.54) is 5.56 Å². The zero-order valence-corrected chi connectivity index (χ0v) is 18.2. The fourth-order valence-corrected chi connectivity index (χ4v) is 4.62. The molecule has 2 aromatic carbocycles. The van der Waals surface area contributed by atoms with Gasteiger partial charge in [0.05, 0.1) is 6.04 Å². The first kappa shape index (κ1) is 21.2. The quantitative estimate of drug-likeness (QED) is 0.604. The Bertz CT molecular complexity index is 790. The molecule has 0 bridgehead atoms. The molecule has 150 valence electrons. The molecule has 28 heavy (non-hydrogen) atoms. The van der Waals surface area contributed by atoms with Crippen molar-refractivity contribution in [2.45, 2.75) is 50.5 Å². The Kier molecular flexibility index (Phi) is 7.83. The van der Waals surface area contributed by atoms with Gasteiger partial charge in [-0.2, -0.15) is 0 Å². The lowest BCUT2D eigenvalue weighted by molar-refractivity contribution is -0.134. The number of likely N-dealkylation sites (tertiary alicyclic amines) is 1. The van der Waals surface area contributed by atoms with Crippen LogP contribution in [0.3, 0.4) is 0 Å². The number of benzene rings is 2. The number of piperidine rings is 1. The summed E-state index contributed by atoms with van der Waals surface area (Å²) in [6, 6.07) is 16.0. The minimum Gasteiger partial charge on any atom is -0.341 e. The summed E-state index contributed by atoms with van der Waals surface area (Å²) in [7, 11) is 0. The number of rotatable bonds is 7. The number of carbonyl (C=O) groups excluding carboxylic acids is 1. The van der Waals surface area contributed by atoms with Crippen LogP contribution in [0.4, 0.5) is 0 Å².